The Bertz CT molecular complexity index is 590. The maximum Gasteiger partial charge on any atom is 0.340 e. The lowest BCUT2D eigenvalue weighted by Crippen LogP contribution is -2.36. The summed E-state index contributed by atoms with van der Waals surface area (Å²) >= 11 is 1.34. The molecular weight excluding hydrogens is 318 g/mol. The maximum atomic E-state index is 11.9. The molecule has 0 saturated heterocycles. The van der Waals surface area contributed by atoms with Gasteiger partial charge in [0.15, 0.2) is 0 Å². The van der Waals surface area contributed by atoms with E-state index in [0.29, 0.717) is 17.1 Å². The van der Waals surface area contributed by atoms with Gasteiger partial charge < -0.3 is 15.4 Å². The van der Waals surface area contributed by atoms with Crippen LogP contribution in [0.3, 0.4) is 0 Å². The van der Waals surface area contributed by atoms with Crippen molar-refractivity contribution in [1.29, 1.82) is 0 Å². The van der Waals surface area contributed by atoms with E-state index in [1.165, 1.54) is 25.4 Å². The Morgan fingerprint density at radius 2 is 1.78 bits per heavy atom. The molecule has 0 aliphatic rings. The van der Waals surface area contributed by atoms with Crippen molar-refractivity contribution in [3.8, 4) is 0 Å². The highest BCUT2D eigenvalue weighted by Crippen LogP contribution is 2.36. The summed E-state index contributed by atoms with van der Waals surface area (Å²) in [6.07, 6.45) is 0. The highest BCUT2D eigenvalue weighted by Gasteiger charge is 2.24. The Morgan fingerprint density at radius 1 is 1.17 bits per heavy atom. The molecule has 0 radical (unpaired) electrons. The van der Waals surface area contributed by atoms with E-state index >= 15 is 0 Å². The number of urea groups is 1. The molecule has 0 aliphatic heterocycles. The number of methoxy groups -OCH3 is 1. The first-order chi connectivity index (χ1) is 10.6. The molecule has 0 aromatic carbocycles. The minimum Gasteiger partial charge on any atom is -0.465 e. The van der Waals surface area contributed by atoms with Crippen molar-refractivity contribution in [2.24, 2.45) is 0 Å². The molecule has 0 spiro atoms. The molecule has 0 unspecified atom stereocenters. The number of carbonyl (C=O) groups excluding carboxylic acids is 3. The lowest BCUT2D eigenvalue weighted by Gasteiger charge is -2.15. The smallest absolute Gasteiger partial charge is 0.340 e. The van der Waals surface area contributed by atoms with Gasteiger partial charge in [0.25, 0.3) is 0 Å². The highest BCUT2D eigenvalue weighted by molar-refractivity contribution is 7.16. The number of esters is 1. The van der Waals surface area contributed by atoms with E-state index in [1.54, 1.807) is 6.07 Å². The molecule has 128 valence electrons. The van der Waals surface area contributed by atoms with Crippen molar-refractivity contribution >= 4 is 34.2 Å². The third-order valence-corrected chi connectivity index (χ3v) is 4.36. The summed E-state index contributed by atoms with van der Waals surface area (Å²) in [5.41, 5.74) is 0.189. The second-order valence-electron chi connectivity index (χ2n) is 5.96. The first kappa shape index (κ1) is 19.0. The average molecular weight is 341 g/mol. The van der Waals surface area contributed by atoms with Gasteiger partial charge in [-0.3, -0.25) is 10.1 Å². The van der Waals surface area contributed by atoms with Gasteiger partial charge in [-0.05, 0) is 11.5 Å². The van der Waals surface area contributed by atoms with Crippen LogP contribution in [-0.4, -0.2) is 38.1 Å². The van der Waals surface area contributed by atoms with E-state index in [9.17, 15) is 14.4 Å². The third-order valence-electron chi connectivity index (χ3n) is 2.89. The van der Waals surface area contributed by atoms with E-state index in [2.05, 4.69) is 16.0 Å². The molecule has 23 heavy (non-hydrogen) atoms. The van der Waals surface area contributed by atoms with Crippen LogP contribution in [0.25, 0.3) is 0 Å². The number of rotatable bonds is 5. The van der Waals surface area contributed by atoms with E-state index in [1.807, 2.05) is 20.8 Å². The van der Waals surface area contributed by atoms with Gasteiger partial charge in [0.1, 0.15) is 5.00 Å². The van der Waals surface area contributed by atoms with Gasteiger partial charge in [0.05, 0.1) is 12.7 Å². The van der Waals surface area contributed by atoms with Crippen molar-refractivity contribution in [3.05, 3.63) is 16.5 Å². The number of carbonyl (C=O) groups is 3. The van der Waals surface area contributed by atoms with Crippen LogP contribution in [-0.2, 0) is 14.9 Å². The molecule has 0 atom stereocenters. The first-order valence-electron chi connectivity index (χ1n) is 7.17. The first-order valence-corrected chi connectivity index (χ1v) is 7.98. The molecule has 0 aliphatic carbocycles. The van der Waals surface area contributed by atoms with Crippen molar-refractivity contribution in [2.45, 2.75) is 33.1 Å². The Labute approximate surface area is 139 Å². The lowest BCUT2D eigenvalue weighted by molar-refractivity contribution is -0.118. The largest absolute Gasteiger partial charge is 0.465 e. The summed E-state index contributed by atoms with van der Waals surface area (Å²) in [5.74, 6) is -0.654. The van der Waals surface area contributed by atoms with E-state index in [-0.39, 0.29) is 17.9 Å². The molecule has 0 bridgehead atoms. The Balaban J connectivity index is 2.77. The fourth-order valence-corrected chi connectivity index (χ4v) is 2.78. The molecule has 3 N–H and O–H groups in total. The summed E-state index contributed by atoms with van der Waals surface area (Å²) in [4.78, 5) is 35.5. The molecule has 0 saturated carbocycles. The number of nitrogens with one attached hydrogen (secondary N) is 3. The predicted molar refractivity (Wildman–Crippen MR) is 90.1 cm³/mol. The number of amides is 3. The number of thiophene rings is 1. The van der Waals surface area contributed by atoms with Crippen molar-refractivity contribution in [1.82, 2.24) is 10.6 Å². The van der Waals surface area contributed by atoms with Crippen LogP contribution in [0.2, 0.25) is 0 Å². The van der Waals surface area contributed by atoms with Gasteiger partial charge in [-0.25, -0.2) is 9.59 Å². The minimum atomic E-state index is -0.495. The predicted octanol–water partition coefficient (Wildman–Crippen LogP) is 2.09. The Kier molecular flexibility index (Phi) is 6.56. The molecule has 1 aromatic heterocycles. The van der Waals surface area contributed by atoms with Crippen molar-refractivity contribution < 1.29 is 19.1 Å². The third kappa shape index (κ3) is 5.90. The number of hydrogen-bond donors (Lipinski definition) is 3. The van der Waals surface area contributed by atoms with E-state index < -0.39 is 12.0 Å². The number of ether oxygens (including phenoxy) is 1. The van der Waals surface area contributed by atoms with Gasteiger partial charge in [0, 0.05) is 24.9 Å². The summed E-state index contributed by atoms with van der Waals surface area (Å²) in [6.45, 7) is 8.11. The summed E-state index contributed by atoms with van der Waals surface area (Å²) < 4.78 is 4.76. The van der Waals surface area contributed by atoms with Crippen LogP contribution < -0.4 is 16.0 Å². The quantitative estimate of drug-likeness (QED) is 0.564. The Morgan fingerprint density at radius 3 is 2.30 bits per heavy atom. The second-order valence-corrected chi connectivity index (χ2v) is 7.01. The summed E-state index contributed by atoms with van der Waals surface area (Å²) in [7, 11) is 1.30. The van der Waals surface area contributed by atoms with Gasteiger partial charge in [-0.15, -0.1) is 11.3 Å². The van der Waals surface area contributed by atoms with Gasteiger partial charge in [-0.1, -0.05) is 20.8 Å². The summed E-state index contributed by atoms with van der Waals surface area (Å²) in [5, 5.41) is 8.29. The zero-order chi connectivity index (χ0) is 17.6. The Hall–Kier alpha value is -2.09. The topological polar surface area (TPSA) is 96.5 Å². The minimum absolute atomic E-state index is 0.144. The fourth-order valence-electron chi connectivity index (χ4n) is 1.68. The number of hydrogen-bond acceptors (Lipinski definition) is 5. The average Bonchev–Trinajstić information content (AvgIpc) is 2.86. The molecule has 0 fully saturated rings. The standard InChI is InChI=1S/C15H23N3O4S/c1-9(19)16-6-7-17-14(21)18-12-10(13(20)22-5)8-11(23-12)15(2,3)4/h8H,6-7H2,1-5H3,(H,16,19)(H2,17,18,21). The highest BCUT2D eigenvalue weighted by atomic mass is 32.1. The fraction of sp³-hybridized carbons (Fsp3) is 0.533. The summed E-state index contributed by atoms with van der Waals surface area (Å²) in [6, 6.07) is 1.30. The van der Waals surface area contributed by atoms with Crippen LogP contribution in [0.5, 0.6) is 0 Å². The molecule has 1 heterocycles. The molecule has 7 nitrogen and oxygen atoms in total. The van der Waals surface area contributed by atoms with Crippen LogP contribution in [0.15, 0.2) is 6.07 Å². The van der Waals surface area contributed by atoms with E-state index in [4.69, 9.17) is 4.74 Å². The molecule has 1 aromatic rings. The SMILES string of the molecule is COC(=O)c1cc(C(C)(C)C)sc1NC(=O)NCCNC(C)=O. The lowest BCUT2D eigenvalue weighted by atomic mass is 9.94. The van der Waals surface area contributed by atoms with Crippen LogP contribution in [0.1, 0.15) is 42.9 Å². The molecule has 3 amide bonds. The molecule has 8 heteroatoms. The molecule has 1 rings (SSSR count). The maximum absolute atomic E-state index is 11.9. The second kappa shape index (κ2) is 7.96. The number of anilines is 1. The monoisotopic (exact) mass is 341 g/mol. The normalized spacial score (nSPS) is 10.8. The van der Waals surface area contributed by atoms with Crippen molar-refractivity contribution in [3.63, 3.8) is 0 Å². The molecular formula is C15H23N3O4S. The van der Waals surface area contributed by atoms with E-state index in [0.717, 1.165) is 4.88 Å². The van der Waals surface area contributed by atoms with Crippen molar-refractivity contribution in [2.75, 3.05) is 25.5 Å². The zero-order valence-corrected chi connectivity index (χ0v) is 14.8. The van der Waals surface area contributed by atoms with Crippen LogP contribution >= 0.6 is 11.3 Å². The van der Waals surface area contributed by atoms with Crippen LogP contribution in [0, 0.1) is 0 Å². The zero-order valence-electron chi connectivity index (χ0n) is 14.0. The van der Waals surface area contributed by atoms with Gasteiger partial charge >= 0.3 is 12.0 Å². The van der Waals surface area contributed by atoms with Crippen LogP contribution in [0.4, 0.5) is 9.80 Å². The van der Waals surface area contributed by atoms with Gasteiger partial charge in [0.2, 0.25) is 5.91 Å². The van der Waals surface area contributed by atoms with Gasteiger partial charge in [-0.2, -0.15) is 0 Å².